The lowest BCUT2D eigenvalue weighted by atomic mass is 10.1. The molecule has 0 unspecified atom stereocenters. The predicted molar refractivity (Wildman–Crippen MR) is 127 cm³/mol. The number of nitrogens with zero attached hydrogens (tertiary/aromatic N) is 2. The number of hydrogen-bond acceptors (Lipinski definition) is 2. The molecule has 4 nitrogen and oxygen atoms in total. The van der Waals surface area contributed by atoms with Gasteiger partial charge in [0.1, 0.15) is 0 Å². The first-order chi connectivity index (χ1) is 14.9. The van der Waals surface area contributed by atoms with E-state index < -0.39 is 10.0 Å². The van der Waals surface area contributed by atoms with Gasteiger partial charge in [-0.05, 0) is 49.9 Å². The van der Waals surface area contributed by atoms with Crippen LogP contribution in [0.4, 0.5) is 0 Å². The molecule has 4 rings (SSSR count). The molecule has 0 spiro atoms. The summed E-state index contributed by atoms with van der Waals surface area (Å²) < 4.78 is 31.2. The van der Waals surface area contributed by atoms with Crippen molar-refractivity contribution in [3.63, 3.8) is 0 Å². The monoisotopic (exact) mass is 432 g/mol. The van der Waals surface area contributed by atoms with E-state index in [2.05, 4.69) is 35.8 Å². The van der Waals surface area contributed by atoms with Gasteiger partial charge in [0.05, 0.1) is 11.4 Å². The van der Waals surface area contributed by atoms with Crippen LogP contribution in [0.3, 0.4) is 0 Å². The minimum absolute atomic E-state index is 0.175. The van der Waals surface area contributed by atoms with E-state index in [1.807, 2.05) is 68.6 Å². The van der Waals surface area contributed by atoms with Crippen LogP contribution in [-0.4, -0.2) is 23.3 Å². The molecule has 1 aromatic heterocycles. The second kappa shape index (κ2) is 8.69. The smallest absolute Gasteiger partial charge is 0.244 e. The summed E-state index contributed by atoms with van der Waals surface area (Å²) in [6.45, 7) is 6.97. The van der Waals surface area contributed by atoms with Gasteiger partial charge in [0.25, 0.3) is 0 Å². The average molecular weight is 433 g/mol. The van der Waals surface area contributed by atoms with E-state index in [4.69, 9.17) is 0 Å². The second-order valence-corrected chi connectivity index (χ2v) is 10.1. The zero-order valence-corrected chi connectivity index (χ0v) is 19.0. The molecule has 1 heterocycles. The standard InChI is InChI=1S/C26H28N2O2S/c1-20(2)28(31(29,30)26-15-7-12-23-11-4-5-14-25(23)26)19-24-13-8-16-27(24)18-22-10-6-9-21(3)17-22/h4-17,20H,18-19H2,1-3H3. The van der Waals surface area contributed by atoms with Crippen molar-refractivity contribution in [3.8, 4) is 0 Å². The Hall–Kier alpha value is -2.89. The second-order valence-electron chi connectivity index (χ2n) is 8.24. The minimum Gasteiger partial charge on any atom is -0.346 e. The average Bonchev–Trinajstić information content (AvgIpc) is 3.18. The molecule has 0 aliphatic carbocycles. The summed E-state index contributed by atoms with van der Waals surface area (Å²) in [6, 6.07) is 25.3. The highest BCUT2D eigenvalue weighted by atomic mass is 32.2. The van der Waals surface area contributed by atoms with Gasteiger partial charge in [0.2, 0.25) is 10.0 Å². The fourth-order valence-electron chi connectivity index (χ4n) is 4.01. The number of aromatic nitrogens is 1. The van der Waals surface area contributed by atoms with Crippen LogP contribution >= 0.6 is 0 Å². The maximum Gasteiger partial charge on any atom is 0.244 e. The maximum atomic E-state index is 13.7. The summed E-state index contributed by atoms with van der Waals surface area (Å²) in [6.07, 6.45) is 2.01. The van der Waals surface area contributed by atoms with E-state index in [0.717, 1.165) is 16.5 Å². The third-order valence-electron chi connectivity index (χ3n) is 5.59. The topological polar surface area (TPSA) is 42.3 Å². The van der Waals surface area contributed by atoms with Crippen molar-refractivity contribution in [3.05, 3.63) is 102 Å². The third kappa shape index (κ3) is 4.43. The largest absolute Gasteiger partial charge is 0.346 e. The Kier molecular flexibility index (Phi) is 5.99. The van der Waals surface area contributed by atoms with E-state index in [1.165, 1.54) is 11.1 Å². The van der Waals surface area contributed by atoms with E-state index in [1.54, 1.807) is 10.4 Å². The van der Waals surface area contributed by atoms with Crippen molar-refractivity contribution in [2.45, 2.75) is 44.8 Å². The van der Waals surface area contributed by atoms with Gasteiger partial charge in [0, 0.05) is 29.9 Å². The summed E-state index contributed by atoms with van der Waals surface area (Å²) in [7, 11) is -3.68. The van der Waals surface area contributed by atoms with Crippen LogP contribution in [0, 0.1) is 6.92 Å². The molecule has 0 atom stereocenters. The SMILES string of the molecule is Cc1cccc(Cn2cccc2CN(C(C)C)S(=O)(=O)c2cccc3ccccc23)c1. The molecule has 0 N–H and O–H groups in total. The molecule has 0 aliphatic heterocycles. The summed E-state index contributed by atoms with van der Waals surface area (Å²) in [5, 5.41) is 1.68. The highest BCUT2D eigenvalue weighted by Gasteiger charge is 2.29. The fourth-order valence-corrected chi connectivity index (χ4v) is 5.83. The van der Waals surface area contributed by atoms with Crippen LogP contribution in [0.5, 0.6) is 0 Å². The van der Waals surface area contributed by atoms with Crippen molar-refractivity contribution < 1.29 is 8.42 Å². The Morgan fingerprint density at radius 2 is 1.65 bits per heavy atom. The quantitative estimate of drug-likeness (QED) is 0.382. The summed E-state index contributed by atoms with van der Waals surface area (Å²) in [5.74, 6) is 0. The van der Waals surface area contributed by atoms with Gasteiger partial charge < -0.3 is 4.57 Å². The van der Waals surface area contributed by atoms with Crippen LogP contribution < -0.4 is 0 Å². The lowest BCUT2D eigenvalue weighted by Crippen LogP contribution is -2.37. The molecule has 0 saturated carbocycles. The Balaban J connectivity index is 1.69. The summed E-state index contributed by atoms with van der Waals surface area (Å²) in [5.41, 5.74) is 3.39. The van der Waals surface area contributed by atoms with Gasteiger partial charge in [-0.15, -0.1) is 0 Å². The molecule has 0 saturated heterocycles. The first-order valence-corrected chi connectivity index (χ1v) is 12.0. The van der Waals surface area contributed by atoms with Crippen molar-refractivity contribution in [1.29, 1.82) is 0 Å². The predicted octanol–water partition coefficient (Wildman–Crippen LogP) is 5.60. The maximum absolute atomic E-state index is 13.7. The highest BCUT2D eigenvalue weighted by Crippen LogP contribution is 2.28. The zero-order valence-electron chi connectivity index (χ0n) is 18.2. The van der Waals surface area contributed by atoms with E-state index in [-0.39, 0.29) is 6.04 Å². The number of sulfonamides is 1. The van der Waals surface area contributed by atoms with Gasteiger partial charge in [-0.2, -0.15) is 4.31 Å². The molecular formula is C26H28N2O2S. The van der Waals surface area contributed by atoms with Crippen LogP contribution in [0.1, 0.15) is 30.7 Å². The van der Waals surface area contributed by atoms with Crippen molar-refractivity contribution in [2.24, 2.45) is 0 Å². The van der Waals surface area contributed by atoms with Crippen LogP contribution in [-0.2, 0) is 23.1 Å². The highest BCUT2D eigenvalue weighted by molar-refractivity contribution is 7.89. The van der Waals surface area contributed by atoms with Gasteiger partial charge in [-0.3, -0.25) is 0 Å². The first-order valence-electron chi connectivity index (χ1n) is 10.6. The number of fused-ring (bicyclic) bond motifs is 1. The Morgan fingerprint density at radius 1 is 0.903 bits per heavy atom. The molecule has 0 aliphatic rings. The summed E-state index contributed by atoms with van der Waals surface area (Å²) >= 11 is 0. The zero-order chi connectivity index (χ0) is 22.0. The molecule has 0 bridgehead atoms. The lowest BCUT2D eigenvalue weighted by molar-refractivity contribution is 0.341. The first kappa shape index (κ1) is 21.3. The van der Waals surface area contributed by atoms with Crippen molar-refractivity contribution >= 4 is 20.8 Å². The Labute approximate surface area is 184 Å². The van der Waals surface area contributed by atoms with Crippen LogP contribution in [0.2, 0.25) is 0 Å². The Morgan fingerprint density at radius 3 is 2.42 bits per heavy atom. The van der Waals surface area contributed by atoms with Gasteiger partial charge in [-0.25, -0.2) is 8.42 Å². The number of benzene rings is 3. The summed E-state index contributed by atoms with van der Waals surface area (Å²) in [4.78, 5) is 0.357. The fraction of sp³-hybridized carbons (Fsp3) is 0.231. The van der Waals surface area contributed by atoms with Crippen LogP contribution in [0.15, 0.2) is 90.0 Å². The number of rotatable bonds is 7. The van der Waals surface area contributed by atoms with E-state index in [9.17, 15) is 8.42 Å². The van der Waals surface area contributed by atoms with E-state index in [0.29, 0.717) is 18.0 Å². The lowest BCUT2D eigenvalue weighted by Gasteiger charge is -2.27. The number of aryl methyl sites for hydroxylation is 1. The number of hydrogen-bond donors (Lipinski definition) is 0. The molecular weight excluding hydrogens is 404 g/mol. The molecule has 4 aromatic rings. The van der Waals surface area contributed by atoms with Gasteiger partial charge in [0.15, 0.2) is 0 Å². The minimum atomic E-state index is -3.68. The van der Waals surface area contributed by atoms with Gasteiger partial charge in [-0.1, -0.05) is 66.2 Å². The third-order valence-corrected chi connectivity index (χ3v) is 7.67. The molecule has 0 fully saturated rings. The molecule has 160 valence electrons. The van der Waals surface area contributed by atoms with Crippen LogP contribution in [0.25, 0.3) is 10.8 Å². The normalized spacial score (nSPS) is 12.2. The van der Waals surface area contributed by atoms with Crippen molar-refractivity contribution in [1.82, 2.24) is 8.87 Å². The Bertz CT molecular complexity index is 1300. The molecule has 0 radical (unpaired) electrons. The molecule has 0 amide bonds. The molecule has 5 heteroatoms. The molecule has 3 aromatic carbocycles. The van der Waals surface area contributed by atoms with Crippen molar-refractivity contribution in [2.75, 3.05) is 0 Å². The van der Waals surface area contributed by atoms with Gasteiger partial charge >= 0.3 is 0 Å². The molecule has 31 heavy (non-hydrogen) atoms. The van der Waals surface area contributed by atoms with E-state index >= 15 is 0 Å².